The first-order valence-electron chi connectivity index (χ1n) is 9.03. The Morgan fingerprint density at radius 2 is 2.05 bits per heavy atom. The van der Waals surface area contributed by atoms with Crippen LogP contribution in [0.25, 0.3) is 0 Å². The molecule has 0 fully saturated rings. The second kappa shape index (κ2) is 8.58. The zero-order valence-electron chi connectivity index (χ0n) is 14.2. The average Bonchev–Trinajstić information content (AvgIpc) is 2.64. The van der Waals surface area contributed by atoms with Gasteiger partial charge < -0.3 is 5.32 Å². The lowest BCUT2D eigenvalue weighted by molar-refractivity contribution is 0.309. The fourth-order valence-corrected chi connectivity index (χ4v) is 3.72. The molecule has 0 heterocycles. The van der Waals surface area contributed by atoms with E-state index < -0.39 is 0 Å². The summed E-state index contributed by atoms with van der Waals surface area (Å²) in [4.78, 5) is 0. The quantitative estimate of drug-likeness (QED) is 0.652. The summed E-state index contributed by atoms with van der Waals surface area (Å²) >= 11 is 0. The van der Waals surface area contributed by atoms with Crippen LogP contribution >= 0.6 is 0 Å². The highest BCUT2D eigenvalue weighted by Crippen LogP contribution is 2.36. The Morgan fingerprint density at radius 3 is 2.81 bits per heavy atom. The third kappa shape index (κ3) is 4.85. The van der Waals surface area contributed by atoms with Crippen LogP contribution in [0.5, 0.6) is 0 Å². The minimum atomic E-state index is 0.579. The van der Waals surface area contributed by atoms with Crippen LogP contribution in [-0.4, -0.2) is 6.54 Å². The average molecular weight is 287 g/mol. The molecule has 1 heteroatoms. The highest BCUT2D eigenvalue weighted by atomic mass is 14.9. The molecule has 0 aliphatic heterocycles. The van der Waals surface area contributed by atoms with E-state index >= 15 is 0 Å². The molecule has 1 aromatic carbocycles. The van der Waals surface area contributed by atoms with Crippen LogP contribution in [0.2, 0.25) is 0 Å². The van der Waals surface area contributed by atoms with E-state index in [4.69, 9.17) is 0 Å². The van der Waals surface area contributed by atoms with Crippen LogP contribution in [-0.2, 0) is 6.42 Å². The monoisotopic (exact) mass is 287 g/mol. The maximum atomic E-state index is 3.86. The second-order valence-electron chi connectivity index (χ2n) is 7.11. The van der Waals surface area contributed by atoms with Crippen LogP contribution in [0.1, 0.15) is 76.5 Å². The molecule has 0 spiro atoms. The van der Waals surface area contributed by atoms with E-state index in [-0.39, 0.29) is 0 Å². The molecule has 0 amide bonds. The number of aryl methyl sites for hydroxylation is 1. The minimum absolute atomic E-state index is 0.579. The normalized spacial score (nSPS) is 22.1. The van der Waals surface area contributed by atoms with Gasteiger partial charge in [0.15, 0.2) is 0 Å². The maximum absolute atomic E-state index is 3.86. The lowest BCUT2D eigenvalue weighted by Crippen LogP contribution is -2.29. The number of fused-ring (bicyclic) bond motifs is 1. The molecular weight excluding hydrogens is 254 g/mol. The molecule has 1 aliphatic rings. The molecule has 2 rings (SSSR count). The van der Waals surface area contributed by atoms with Crippen LogP contribution in [0.15, 0.2) is 24.3 Å². The SMILES string of the molecule is CCCNC1c2ccccc2CCCC1CCCC(C)C. The van der Waals surface area contributed by atoms with Gasteiger partial charge in [0.2, 0.25) is 0 Å². The van der Waals surface area contributed by atoms with E-state index in [0.717, 1.165) is 18.4 Å². The van der Waals surface area contributed by atoms with E-state index in [1.165, 1.54) is 44.9 Å². The lowest BCUT2D eigenvalue weighted by Gasteiger charge is -2.28. The van der Waals surface area contributed by atoms with Crippen molar-refractivity contribution >= 4 is 0 Å². The highest BCUT2D eigenvalue weighted by Gasteiger charge is 2.26. The van der Waals surface area contributed by atoms with E-state index in [0.29, 0.717) is 6.04 Å². The summed E-state index contributed by atoms with van der Waals surface area (Å²) in [7, 11) is 0. The number of hydrogen-bond donors (Lipinski definition) is 1. The van der Waals surface area contributed by atoms with Gasteiger partial charge in [0.25, 0.3) is 0 Å². The van der Waals surface area contributed by atoms with Crippen molar-refractivity contribution in [2.75, 3.05) is 6.54 Å². The van der Waals surface area contributed by atoms with Crippen LogP contribution in [0, 0.1) is 11.8 Å². The number of hydrogen-bond acceptors (Lipinski definition) is 1. The van der Waals surface area contributed by atoms with Crippen LogP contribution in [0.3, 0.4) is 0 Å². The van der Waals surface area contributed by atoms with Gasteiger partial charge in [-0.05, 0) is 61.6 Å². The Labute approximate surface area is 131 Å². The lowest BCUT2D eigenvalue weighted by atomic mass is 9.86. The zero-order chi connectivity index (χ0) is 15.1. The summed E-state index contributed by atoms with van der Waals surface area (Å²) in [5.74, 6) is 1.66. The molecule has 0 aromatic heterocycles. The molecular formula is C20H33N. The first-order valence-corrected chi connectivity index (χ1v) is 9.03. The largest absolute Gasteiger partial charge is 0.310 e. The summed E-state index contributed by atoms with van der Waals surface area (Å²) in [6, 6.07) is 9.71. The first-order chi connectivity index (χ1) is 10.2. The molecule has 0 bridgehead atoms. The van der Waals surface area contributed by atoms with Crippen LogP contribution in [0.4, 0.5) is 0 Å². The molecule has 0 radical (unpaired) electrons. The summed E-state index contributed by atoms with van der Waals surface area (Å²) in [5, 5.41) is 3.86. The van der Waals surface area contributed by atoms with Gasteiger partial charge >= 0.3 is 0 Å². The Kier molecular flexibility index (Phi) is 6.76. The Hall–Kier alpha value is -0.820. The summed E-state index contributed by atoms with van der Waals surface area (Å²) < 4.78 is 0. The van der Waals surface area contributed by atoms with E-state index in [1.54, 1.807) is 11.1 Å². The third-order valence-corrected chi connectivity index (χ3v) is 4.85. The van der Waals surface area contributed by atoms with Gasteiger partial charge in [-0.25, -0.2) is 0 Å². The van der Waals surface area contributed by atoms with Crippen molar-refractivity contribution < 1.29 is 0 Å². The van der Waals surface area contributed by atoms with Crippen molar-refractivity contribution in [2.24, 2.45) is 11.8 Å². The fraction of sp³-hybridized carbons (Fsp3) is 0.700. The predicted octanol–water partition coefficient (Wildman–Crippen LogP) is 5.51. The van der Waals surface area contributed by atoms with Crippen molar-refractivity contribution in [1.29, 1.82) is 0 Å². The predicted molar refractivity (Wildman–Crippen MR) is 92.6 cm³/mol. The van der Waals surface area contributed by atoms with Crippen molar-refractivity contribution in [3.8, 4) is 0 Å². The molecule has 1 N–H and O–H groups in total. The molecule has 0 saturated carbocycles. The molecule has 118 valence electrons. The maximum Gasteiger partial charge on any atom is 0.0351 e. The molecule has 2 atom stereocenters. The highest BCUT2D eigenvalue weighted by molar-refractivity contribution is 5.31. The number of rotatable bonds is 7. The van der Waals surface area contributed by atoms with Crippen molar-refractivity contribution in [3.63, 3.8) is 0 Å². The first kappa shape index (κ1) is 16.5. The minimum Gasteiger partial charge on any atom is -0.310 e. The van der Waals surface area contributed by atoms with Gasteiger partial charge in [-0.3, -0.25) is 0 Å². The third-order valence-electron chi connectivity index (χ3n) is 4.85. The van der Waals surface area contributed by atoms with E-state index in [2.05, 4.69) is 50.4 Å². The molecule has 2 unspecified atom stereocenters. The number of nitrogens with one attached hydrogen (secondary N) is 1. The topological polar surface area (TPSA) is 12.0 Å². The second-order valence-corrected chi connectivity index (χ2v) is 7.11. The van der Waals surface area contributed by atoms with Gasteiger partial charge in [-0.1, -0.05) is 57.9 Å². The van der Waals surface area contributed by atoms with Gasteiger partial charge in [0, 0.05) is 6.04 Å². The summed E-state index contributed by atoms with van der Waals surface area (Å²) in [6.07, 6.45) is 9.36. The number of benzene rings is 1. The van der Waals surface area contributed by atoms with Crippen LogP contribution < -0.4 is 5.32 Å². The molecule has 1 nitrogen and oxygen atoms in total. The molecule has 21 heavy (non-hydrogen) atoms. The van der Waals surface area contributed by atoms with E-state index in [9.17, 15) is 0 Å². The fourth-order valence-electron chi connectivity index (χ4n) is 3.72. The standard InChI is InChI=1S/C20H33N/c1-4-15-21-20-18(12-7-9-16(2)3)13-8-11-17-10-5-6-14-19(17)20/h5-6,10,14,16,18,20-21H,4,7-9,11-13,15H2,1-3H3. The Balaban J connectivity index is 2.10. The van der Waals surface area contributed by atoms with Gasteiger partial charge in [0.05, 0.1) is 0 Å². The van der Waals surface area contributed by atoms with Crippen molar-refractivity contribution in [1.82, 2.24) is 5.32 Å². The van der Waals surface area contributed by atoms with Gasteiger partial charge in [-0.15, -0.1) is 0 Å². The zero-order valence-corrected chi connectivity index (χ0v) is 14.2. The molecule has 1 aromatic rings. The van der Waals surface area contributed by atoms with Crippen molar-refractivity contribution in [3.05, 3.63) is 35.4 Å². The van der Waals surface area contributed by atoms with Crippen molar-refractivity contribution in [2.45, 2.75) is 71.8 Å². The summed E-state index contributed by atoms with van der Waals surface area (Å²) in [6.45, 7) is 8.09. The van der Waals surface area contributed by atoms with Gasteiger partial charge in [0.1, 0.15) is 0 Å². The Morgan fingerprint density at radius 1 is 1.24 bits per heavy atom. The Bertz CT molecular complexity index is 410. The van der Waals surface area contributed by atoms with E-state index in [1.807, 2.05) is 0 Å². The van der Waals surface area contributed by atoms with Gasteiger partial charge in [-0.2, -0.15) is 0 Å². The summed E-state index contributed by atoms with van der Waals surface area (Å²) in [5.41, 5.74) is 3.16. The molecule has 0 saturated heterocycles. The smallest absolute Gasteiger partial charge is 0.0351 e. The molecule has 1 aliphatic carbocycles.